The molecular formula is C27H29N3O4S. The molecule has 1 N–H and O–H groups in total. The van der Waals surface area contributed by atoms with Crippen molar-refractivity contribution in [3.63, 3.8) is 0 Å². The van der Waals surface area contributed by atoms with Gasteiger partial charge in [0.25, 0.3) is 5.91 Å². The largest absolute Gasteiger partial charge is 0.477 e. The number of hydrogen-bond acceptors (Lipinski definition) is 6. The minimum atomic E-state index is -0.666. The lowest BCUT2D eigenvalue weighted by Crippen LogP contribution is -2.54. The van der Waals surface area contributed by atoms with Crippen LogP contribution < -0.4 is 15.0 Å². The molecule has 2 atom stereocenters. The summed E-state index contributed by atoms with van der Waals surface area (Å²) in [6, 6.07) is 19.6. The predicted octanol–water partition coefficient (Wildman–Crippen LogP) is 3.39. The number of anilines is 1. The summed E-state index contributed by atoms with van der Waals surface area (Å²) in [6.07, 6.45) is -0.666. The molecule has 3 heterocycles. The van der Waals surface area contributed by atoms with E-state index in [1.54, 1.807) is 16.2 Å². The minimum absolute atomic E-state index is 0.0654. The number of hydrogen-bond donors (Lipinski definition) is 1. The van der Waals surface area contributed by atoms with Gasteiger partial charge in [0.2, 0.25) is 5.91 Å². The van der Waals surface area contributed by atoms with Gasteiger partial charge < -0.3 is 24.6 Å². The third kappa shape index (κ3) is 5.33. The molecule has 3 aromatic rings. The quantitative estimate of drug-likeness (QED) is 0.573. The number of nitrogens with zero attached hydrogens (tertiary/aromatic N) is 2. The summed E-state index contributed by atoms with van der Waals surface area (Å²) in [7, 11) is 0. The number of thiophene rings is 1. The first-order valence-electron chi connectivity index (χ1n) is 11.8. The highest BCUT2D eigenvalue weighted by Gasteiger charge is 2.35. The van der Waals surface area contributed by atoms with E-state index in [-0.39, 0.29) is 24.4 Å². The maximum atomic E-state index is 13.3. The molecule has 0 saturated carbocycles. The first-order chi connectivity index (χ1) is 17.1. The highest BCUT2D eigenvalue weighted by atomic mass is 32.1. The van der Waals surface area contributed by atoms with E-state index in [0.29, 0.717) is 38.6 Å². The Hall–Kier alpha value is -3.36. The van der Waals surface area contributed by atoms with Crippen molar-refractivity contribution in [3.05, 3.63) is 82.0 Å². The molecular weight excluding hydrogens is 462 g/mol. The summed E-state index contributed by atoms with van der Waals surface area (Å²) < 4.78 is 11.5. The first-order valence-corrected chi connectivity index (χ1v) is 12.7. The van der Waals surface area contributed by atoms with Crippen LogP contribution in [0.1, 0.15) is 22.0 Å². The molecule has 2 aromatic carbocycles. The topological polar surface area (TPSA) is 71.1 Å². The molecule has 0 radical (unpaired) electrons. The predicted molar refractivity (Wildman–Crippen MR) is 136 cm³/mol. The lowest BCUT2D eigenvalue weighted by atomic mass is 10.0. The number of amides is 2. The van der Waals surface area contributed by atoms with E-state index >= 15 is 0 Å². The summed E-state index contributed by atoms with van der Waals surface area (Å²) in [5, 5.41) is 5.23. The SMILES string of the molecule is Cc1ccc(C(NC(=O)CN2CC(C(=O)N3CCOCC3)Oc3ccccc32)c2cccs2)cc1. The van der Waals surface area contributed by atoms with Crippen LogP contribution in [0.15, 0.2) is 66.0 Å². The smallest absolute Gasteiger partial charge is 0.265 e. The Kier molecular flexibility index (Phi) is 7.01. The van der Waals surface area contributed by atoms with Gasteiger partial charge >= 0.3 is 0 Å². The minimum Gasteiger partial charge on any atom is -0.477 e. The number of benzene rings is 2. The van der Waals surface area contributed by atoms with Gasteiger partial charge in [0.05, 0.1) is 38.0 Å². The van der Waals surface area contributed by atoms with E-state index < -0.39 is 6.10 Å². The third-order valence-electron chi connectivity index (χ3n) is 6.34. The molecule has 182 valence electrons. The van der Waals surface area contributed by atoms with Gasteiger partial charge in [-0.3, -0.25) is 9.59 Å². The van der Waals surface area contributed by atoms with E-state index in [1.807, 2.05) is 53.6 Å². The van der Waals surface area contributed by atoms with Crippen molar-refractivity contribution in [1.29, 1.82) is 0 Å². The van der Waals surface area contributed by atoms with Gasteiger partial charge in [-0.2, -0.15) is 0 Å². The lowest BCUT2D eigenvalue weighted by Gasteiger charge is -2.38. The zero-order chi connectivity index (χ0) is 24.2. The number of ether oxygens (including phenoxy) is 2. The highest BCUT2D eigenvalue weighted by Crippen LogP contribution is 2.34. The van der Waals surface area contributed by atoms with E-state index in [4.69, 9.17) is 9.47 Å². The monoisotopic (exact) mass is 491 g/mol. The zero-order valence-electron chi connectivity index (χ0n) is 19.7. The van der Waals surface area contributed by atoms with Gasteiger partial charge in [-0.25, -0.2) is 0 Å². The second-order valence-corrected chi connectivity index (χ2v) is 9.80. The first kappa shape index (κ1) is 23.4. The molecule has 35 heavy (non-hydrogen) atoms. The molecule has 1 saturated heterocycles. The van der Waals surface area contributed by atoms with Crippen LogP contribution in [0, 0.1) is 6.92 Å². The maximum absolute atomic E-state index is 13.3. The zero-order valence-corrected chi connectivity index (χ0v) is 20.5. The number of para-hydroxylation sites is 2. The summed E-state index contributed by atoms with van der Waals surface area (Å²) >= 11 is 1.62. The fraction of sp³-hybridized carbons (Fsp3) is 0.333. The molecule has 0 spiro atoms. The molecule has 2 aliphatic heterocycles. The summed E-state index contributed by atoms with van der Waals surface area (Å²) in [5.74, 6) is 0.439. The summed E-state index contributed by atoms with van der Waals surface area (Å²) in [6.45, 7) is 4.66. The average Bonchev–Trinajstić information content (AvgIpc) is 3.43. The van der Waals surface area contributed by atoms with Crippen LogP contribution in [0.5, 0.6) is 5.75 Å². The number of carbonyl (C=O) groups is 2. The summed E-state index contributed by atoms with van der Waals surface area (Å²) in [5.41, 5.74) is 3.02. The van der Waals surface area contributed by atoms with Crippen molar-refractivity contribution >= 4 is 28.8 Å². The molecule has 0 bridgehead atoms. The van der Waals surface area contributed by atoms with Crippen LogP contribution in [0.25, 0.3) is 0 Å². The molecule has 2 amide bonds. The van der Waals surface area contributed by atoms with Crippen molar-refractivity contribution in [1.82, 2.24) is 10.2 Å². The molecule has 1 fully saturated rings. The van der Waals surface area contributed by atoms with Gasteiger partial charge in [0.15, 0.2) is 6.10 Å². The number of morpholine rings is 1. The van der Waals surface area contributed by atoms with Crippen LogP contribution >= 0.6 is 11.3 Å². The van der Waals surface area contributed by atoms with Crippen molar-refractivity contribution in [3.8, 4) is 5.75 Å². The van der Waals surface area contributed by atoms with E-state index in [9.17, 15) is 9.59 Å². The second kappa shape index (κ2) is 10.5. The number of fused-ring (bicyclic) bond motifs is 1. The van der Waals surface area contributed by atoms with Crippen LogP contribution in [-0.4, -0.2) is 62.2 Å². The van der Waals surface area contributed by atoms with E-state index in [1.165, 1.54) is 5.56 Å². The van der Waals surface area contributed by atoms with Crippen molar-refractivity contribution in [2.24, 2.45) is 0 Å². The molecule has 5 rings (SSSR count). The standard InChI is InChI=1S/C27H29N3O4S/c1-19-8-10-20(11-9-19)26(24-7-4-16-35-24)28-25(31)18-30-17-23(27(32)29-12-14-33-15-13-29)34-22-6-3-2-5-21(22)30/h2-11,16,23,26H,12-15,17-18H2,1H3,(H,28,31). The Morgan fingerprint density at radius 1 is 1.06 bits per heavy atom. The molecule has 8 heteroatoms. The molecule has 0 aliphatic carbocycles. The van der Waals surface area contributed by atoms with Crippen molar-refractivity contribution in [2.45, 2.75) is 19.1 Å². The maximum Gasteiger partial charge on any atom is 0.265 e. The van der Waals surface area contributed by atoms with Crippen LogP contribution in [-0.2, 0) is 14.3 Å². The highest BCUT2D eigenvalue weighted by molar-refractivity contribution is 7.10. The number of carbonyl (C=O) groups excluding carboxylic acids is 2. The van der Waals surface area contributed by atoms with E-state index in [2.05, 4.69) is 29.6 Å². The van der Waals surface area contributed by atoms with Crippen LogP contribution in [0.3, 0.4) is 0 Å². The summed E-state index contributed by atoms with van der Waals surface area (Å²) in [4.78, 5) is 31.3. The number of nitrogens with one attached hydrogen (secondary N) is 1. The Morgan fingerprint density at radius 2 is 1.83 bits per heavy atom. The second-order valence-electron chi connectivity index (χ2n) is 8.82. The fourth-order valence-electron chi connectivity index (χ4n) is 4.49. The Balaban J connectivity index is 1.34. The van der Waals surface area contributed by atoms with Crippen molar-refractivity contribution in [2.75, 3.05) is 44.3 Å². The number of rotatable bonds is 6. The van der Waals surface area contributed by atoms with Gasteiger partial charge in [0.1, 0.15) is 5.75 Å². The number of aryl methyl sites for hydroxylation is 1. The fourth-order valence-corrected chi connectivity index (χ4v) is 5.29. The third-order valence-corrected chi connectivity index (χ3v) is 7.27. The van der Waals surface area contributed by atoms with Gasteiger partial charge in [-0.05, 0) is 36.1 Å². The van der Waals surface area contributed by atoms with Crippen LogP contribution in [0.4, 0.5) is 5.69 Å². The Morgan fingerprint density at radius 3 is 2.57 bits per heavy atom. The Labute approximate surface area is 209 Å². The molecule has 1 aromatic heterocycles. The van der Waals surface area contributed by atoms with Gasteiger partial charge in [-0.1, -0.05) is 48.0 Å². The lowest BCUT2D eigenvalue weighted by molar-refractivity contribution is -0.142. The normalized spacial score (nSPS) is 18.4. The molecule has 2 unspecified atom stereocenters. The van der Waals surface area contributed by atoms with Crippen LogP contribution in [0.2, 0.25) is 0 Å². The Bertz CT molecular complexity index is 1160. The molecule has 7 nitrogen and oxygen atoms in total. The average molecular weight is 492 g/mol. The van der Waals surface area contributed by atoms with Gasteiger partial charge in [-0.15, -0.1) is 11.3 Å². The van der Waals surface area contributed by atoms with Gasteiger partial charge in [0, 0.05) is 18.0 Å². The molecule has 2 aliphatic rings. The van der Waals surface area contributed by atoms with E-state index in [0.717, 1.165) is 16.1 Å². The van der Waals surface area contributed by atoms with Crippen molar-refractivity contribution < 1.29 is 19.1 Å².